The van der Waals surface area contributed by atoms with E-state index in [9.17, 15) is 8.42 Å². The molecule has 2 aromatic rings. The van der Waals surface area contributed by atoms with E-state index in [1.54, 1.807) is 24.3 Å². The summed E-state index contributed by atoms with van der Waals surface area (Å²) in [6, 6.07) is 14.6. The maximum absolute atomic E-state index is 12.6. The van der Waals surface area contributed by atoms with Crippen LogP contribution in [0.5, 0.6) is 0 Å². The minimum Gasteiger partial charge on any atom is -0.356 e. The number of nitrogens with one attached hydrogen (secondary N) is 1. The Bertz CT molecular complexity index is 741. The van der Waals surface area contributed by atoms with Gasteiger partial charge in [0.2, 0.25) is 10.0 Å². The summed E-state index contributed by atoms with van der Waals surface area (Å²) < 4.78 is 26.5. The number of hydrogen-bond donors (Lipinski definition) is 1. The number of anilines is 2. The summed E-state index contributed by atoms with van der Waals surface area (Å²) in [6.07, 6.45) is 0. The molecule has 0 saturated heterocycles. The normalized spacial score (nSPS) is 11.7. The van der Waals surface area contributed by atoms with Crippen LogP contribution in [-0.4, -0.2) is 37.6 Å². The molecule has 0 saturated carbocycles. The minimum absolute atomic E-state index is 0.225. The first-order chi connectivity index (χ1) is 11.5. The number of sulfonamides is 1. The maximum atomic E-state index is 12.6. The molecule has 0 fully saturated rings. The summed E-state index contributed by atoms with van der Waals surface area (Å²) in [6.45, 7) is 2.50. The zero-order valence-electron chi connectivity index (χ0n) is 13.4. The maximum Gasteiger partial charge on any atom is 0.243 e. The fraction of sp³-hybridized carbons (Fsp3) is 0.294. The molecule has 0 radical (unpaired) electrons. The third kappa shape index (κ3) is 4.86. The molecule has 0 aliphatic carbocycles. The lowest BCUT2D eigenvalue weighted by Gasteiger charge is -2.20. The number of rotatable bonds is 8. The molecule has 0 bridgehead atoms. The molecule has 4 nitrogen and oxygen atoms in total. The van der Waals surface area contributed by atoms with Crippen LogP contribution in [0.3, 0.4) is 0 Å². The highest BCUT2D eigenvalue weighted by molar-refractivity contribution is 7.89. The van der Waals surface area contributed by atoms with Gasteiger partial charge in [0.1, 0.15) is 0 Å². The molecule has 0 aliphatic heterocycles. The second-order valence-electron chi connectivity index (χ2n) is 5.30. The van der Waals surface area contributed by atoms with E-state index in [2.05, 4.69) is 5.32 Å². The molecular formula is C17H20Cl2N2O2S. The van der Waals surface area contributed by atoms with Crippen LogP contribution >= 0.6 is 23.2 Å². The van der Waals surface area contributed by atoms with Gasteiger partial charge in [0, 0.05) is 36.2 Å². The zero-order chi connectivity index (χ0) is 17.6. The Labute approximate surface area is 153 Å². The quantitative estimate of drug-likeness (QED) is 0.691. The van der Waals surface area contributed by atoms with Gasteiger partial charge in [-0.15, -0.1) is 23.2 Å². The summed E-state index contributed by atoms with van der Waals surface area (Å²) in [5.74, 6) is 0.451. The molecule has 0 amide bonds. The first-order valence-electron chi connectivity index (χ1n) is 7.53. The monoisotopic (exact) mass is 386 g/mol. The van der Waals surface area contributed by atoms with Gasteiger partial charge >= 0.3 is 0 Å². The lowest BCUT2D eigenvalue weighted by atomic mass is 10.2. The molecule has 0 heterocycles. The predicted octanol–water partition coefficient (Wildman–Crippen LogP) is 4.21. The number of benzene rings is 2. The SMILES string of the molecule is Cc1ccc(Nc2ccc(S(=O)(=O)N(CCCl)CCCl)cc2)cc1. The number of halogens is 2. The molecule has 0 atom stereocenters. The van der Waals surface area contributed by atoms with Crippen molar-refractivity contribution in [2.45, 2.75) is 11.8 Å². The van der Waals surface area contributed by atoms with Crippen LogP contribution in [0.1, 0.15) is 5.56 Å². The van der Waals surface area contributed by atoms with Gasteiger partial charge in [-0.05, 0) is 43.3 Å². The van der Waals surface area contributed by atoms with Crippen molar-refractivity contribution < 1.29 is 8.42 Å². The molecule has 130 valence electrons. The van der Waals surface area contributed by atoms with Crippen molar-refractivity contribution in [3.8, 4) is 0 Å². The molecule has 0 spiro atoms. The molecule has 2 rings (SSSR count). The number of nitrogens with zero attached hydrogens (tertiary/aromatic N) is 1. The first kappa shape index (κ1) is 19.1. The Balaban J connectivity index is 2.16. The van der Waals surface area contributed by atoms with Crippen molar-refractivity contribution in [2.75, 3.05) is 30.2 Å². The Morgan fingerprint density at radius 1 is 0.875 bits per heavy atom. The van der Waals surface area contributed by atoms with Crippen molar-refractivity contribution in [3.63, 3.8) is 0 Å². The molecule has 1 N–H and O–H groups in total. The molecule has 2 aromatic carbocycles. The van der Waals surface area contributed by atoms with Crippen LogP contribution in [0.4, 0.5) is 11.4 Å². The highest BCUT2D eigenvalue weighted by Gasteiger charge is 2.23. The van der Waals surface area contributed by atoms with Gasteiger partial charge in [-0.1, -0.05) is 17.7 Å². The summed E-state index contributed by atoms with van der Waals surface area (Å²) in [5, 5.41) is 3.24. The average Bonchev–Trinajstić information content (AvgIpc) is 2.57. The third-order valence-corrected chi connectivity index (χ3v) is 5.75. The van der Waals surface area contributed by atoms with Crippen molar-refractivity contribution in [3.05, 3.63) is 54.1 Å². The lowest BCUT2D eigenvalue weighted by molar-refractivity contribution is 0.448. The first-order valence-corrected chi connectivity index (χ1v) is 10.0. The van der Waals surface area contributed by atoms with E-state index in [0.29, 0.717) is 0 Å². The van der Waals surface area contributed by atoms with Crippen molar-refractivity contribution in [1.82, 2.24) is 4.31 Å². The van der Waals surface area contributed by atoms with E-state index < -0.39 is 10.0 Å². The molecule has 0 aliphatic rings. The Kier molecular flexibility index (Phi) is 6.92. The highest BCUT2D eigenvalue weighted by atomic mass is 35.5. The van der Waals surface area contributed by atoms with Crippen LogP contribution < -0.4 is 5.32 Å². The minimum atomic E-state index is -3.58. The van der Waals surface area contributed by atoms with Crippen LogP contribution in [-0.2, 0) is 10.0 Å². The van der Waals surface area contributed by atoms with Gasteiger partial charge in [-0.25, -0.2) is 8.42 Å². The zero-order valence-corrected chi connectivity index (χ0v) is 15.7. The van der Waals surface area contributed by atoms with Gasteiger partial charge < -0.3 is 5.32 Å². The number of aryl methyl sites for hydroxylation is 1. The van der Waals surface area contributed by atoms with E-state index in [4.69, 9.17) is 23.2 Å². The van der Waals surface area contributed by atoms with Crippen molar-refractivity contribution in [1.29, 1.82) is 0 Å². The largest absolute Gasteiger partial charge is 0.356 e. The highest BCUT2D eigenvalue weighted by Crippen LogP contribution is 2.21. The summed E-state index contributed by atoms with van der Waals surface area (Å²) in [4.78, 5) is 0.229. The topological polar surface area (TPSA) is 49.4 Å². The van der Waals surface area contributed by atoms with E-state index in [1.165, 1.54) is 9.87 Å². The van der Waals surface area contributed by atoms with Crippen LogP contribution in [0.15, 0.2) is 53.4 Å². The molecule has 7 heteroatoms. The number of alkyl halides is 2. The predicted molar refractivity (Wildman–Crippen MR) is 101 cm³/mol. The van der Waals surface area contributed by atoms with Crippen molar-refractivity contribution >= 4 is 44.6 Å². The number of hydrogen-bond acceptors (Lipinski definition) is 3. The van der Waals surface area contributed by atoms with Gasteiger partial charge in [0.25, 0.3) is 0 Å². The molecule has 24 heavy (non-hydrogen) atoms. The Morgan fingerprint density at radius 3 is 1.79 bits per heavy atom. The fourth-order valence-electron chi connectivity index (χ4n) is 2.20. The van der Waals surface area contributed by atoms with Crippen LogP contribution in [0.25, 0.3) is 0 Å². The molecular weight excluding hydrogens is 367 g/mol. The summed E-state index contributed by atoms with van der Waals surface area (Å²) in [7, 11) is -3.58. The van der Waals surface area contributed by atoms with E-state index in [0.717, 1.165) is 11.4 Å². The van der Waals surface area contributed by atoms with E-state index >= 15 is 0 Å². The van der Waals surface area contributed by atoms with E-state index in [1.807, 2.05) is 31.2 Å². The third-order valence-electron chi connectivity index (χ3n) is 3.50. The van der Waals surface area contributed by atoms with Crippen LogP contribution in [0, 0.1) is 6.92 Å². The fourth-order valence-corrected chi connectivity index (χ4v) is 4.25. The molecule has 0 unspecified atom stereocenters. The second-order valence-corrected chi connectivity index (χ2v) is 7.99. The lowest BCUT2D eigenvalue weighted by Crippen LogP contribution is -2.34. The Hall–Kier alpha value is -1.27. The van der Waals surface area contributed by atoms with Gasteiger partial charge in [-0.3, -0.25) is 0 Å². The van der Waals surface area contributed by atoms with Gasteiger partial charge in [0.05, 0.1) is 4.90 Å². The second kappa shape index (κ2) is 8.72. The smallest absolute Gasteiger partial charge is 0.243 e. The molecule has 0 aromatic heterocycles. The Morgan fingerprint density at radius 2 is 1.33 bits per heavy atom. The van der Waals surface area contributed by atoms with Crippen LogP contribution in [0.2, 0.25) is 0 Å². The van der Waals surface area contributed by atoms with Gasteiger partial charge in [0.15, 0.2) is 0 Å². The standard InChI is InChI=1S/C17H20Cl2N2O2S/c1-14-2-4-15(5-3-14)20-16-6-8-17(9-7-16)24(22,23)21(12-10-18)13-11-19/h2-9,20H,10-13H2,1H3. The van der Waals surface area contributed by atoms with Crippen molar-refractivity contribution in [2.24, 2.45) is 0 Å². The van der Waals surface area contributed by atoms with E-state index in [-0.39, 0.29) is 29.7 Å². The summed E-state index contributed by atoms with van der Waals surface area (Å²) in [5.41, 5.74) is 2.95. The average molecular weight is 387 g/mol. The van der Waals surface area contributed by atoms with Gasteiger partial charge in [-0.2, -0.15) is 4.31 Å². The summed E-state index contributed by atoms with van der Waals surface area (Å²) >= 11 is 11.4.